The lowest BCUT2D eigenvalue weighted by Crippen LogP contribution is -2.42. The van der Waals surface area contributed by atoms with Crippen molar-refractivity contribution in [3.05, 3.63) is 0 Å². The van der Waals surface area contributed by atoms with E-state index in [1.165, 1.54) is 25.7 Å². The Kier molecular flexibility index (Phi) is 4.92. The van der Waals surface area contributed by atoms with Gasteiger partial charge in [0.15, 0.2) is 5.96 Å². The van der Waals surface area contributed by atoms with Crippen LogP contribution in [0.2, 0.25) is 0 Å². The van der Waals surface area contributed by atoms with Crippen LogP contribution in [0.15, 0.2) is 4.99 Å². The number of guanidine groups is 1. The molecular formula is C12H25N3. The first-order valence-electron chi connectivity index (χ1n) is 6.14. The van der Waals surface area contributed by atoms with Gasteiger partial charge in [-0.05, 0) is 37.5 Å². The van der Waals surface area contributed by atoms with Crippen molar-refractivity contribution >= 4 is 5.96 Å². The average molecular weight is 211 g/mol. The molecule has 0 bridgehead atoms. The molecule has 1 rings (SSSR count). The summed E-state index contributed by atoms with van der Waals surface area (Å²) in [7, 11) is 0. The molecule has 0 amide bonds. The first kappa shape index (κ1) is 12.3. The fourth-order valence-electron chi connectivity index (χ4n) is 1.94. The van der Waals surface area contributed by atoms with Crippen LogP contribution in [-0.4, -0.2) is 18.5 Å². The van der Waals surface area contributed by atoms with Crippen LogP contribution < -0.4 is 11.1 Å². The fourth-order valence-corrected chi connectivity index (χ4v) is 1.94. The van der Waals surface area contributed by atoms with E-state index in [4.69, 9.17) is 5.73 Å². The number of rotatable bonds is 3. The maximum Gasteiger partial charge on any atom is 0.188 e. The van der Waals surface area contributed by atoms with Crippen molar-refractivity contribution in [3.8, 4) is 0 Å². The van der Waals surface area contributed by atoms with Gasteiger partial charge in [-0.15, -0.1) is 0 Å². The summed E-state index contributed by atoms with van der Waals surface area (Å²) >= 11 is 0. The molecule has 0 atom stereocenters. The van der Waals surface area contributed by atoms with Gasteiger partial charge >= 0.3 is 0 Å². The maximum absolute atomic E-state index is 5.83. The monoisotopic (exact) mass is 211 g/mol. The number of nitrogens with two attached hydrogens (primary N) is 1. The van der Waals surface area contributed by atoms with Crippen molar-refractivity contribution in [1.29, 1.82) is 0 Å². The van der Waals surface area contributed by atoms with Crippen LogP contribution >= 0.6 is 0 Å². The Morgan fingerprint density at radius 3 is 2.47 bits per heavy atom. The van der Waals surface area contributed by atoms with Gasteiger partial charge in [0.05, 0.1) is 0 Å². The van der Waals surface area contributed by atoms with Crippen molar-refractivity contribution in [2.45, 2.75) is 52.5 Å². The molecule has 1 fully saturated rings. The summed E-state index contributed by atoms with van der Waals surface area (Å²) < 4.78 is 0. The van der Waals surface area contributed by atoms with Crippen LogP contribution in [-0.2, 0) is 0 Å². The Morgan fingerprint density at radius 1 is 1.33 bits per heavy atom. The van der Waals surface area contributed by atoms with E-state index in [1.54, 1.807) is 0 Å². The molecule has 3 nitrogen and oxygen atoms in total. The van der Waals surface area contributed by atoms with Crippen LogP contribution in [0.25, 0.3) is 0 Å². The third kappa shape index (κ3) is 5.05. The Balaban J connectivity index is 2.25. The maximum atomic E-state index is 5.83. The second-order valence-electron chi connectivity index (χ2n) is 5.22. The minimum absolute atomic E-state index is 0.553. The van der Waals surface area contributed by atoms with E-state index >= 15 is 0 Å². The van der Waals surface area contributed by atoms with Gasteiger partial charge in [-0.1, -0.05) is 20.8 Å². The Morgan fingerprint density at radius 2 is 1.93 bits per heavy atom. The quantitative estimate of drug-likeness (QED) is 0.555. The molecule has 1 aliphatic rings. The highest BCUT2D eigenvalue weighted by molar-refractivity contribution is 5.78. The van der Waals surface area contributed by atoms with E-state index in [2.05, 4.69) is 31.1 Å². The topological polar surface area (TPSA) is 50.4 Å². The standard InChI is InChI=1S/C12H25N3/c1-9(2)8-14-12(13)15-11-6-4-10(3)5-7-11/h9-11H,4-8H2,1-3H3,(H3,13,14,15). The van der Waals surface area contributed by atoms with Gasteiger partial charge < -0.3 is 11.1 Å². The minimum atomic E-state index is 0.553. The minimum Gasteiger partial charge on any atom is -0.370 e. The highest BCUT2D eigenvalue weighted by atomic mass is 15.1. The predicted molar refractivity (Wildman–Crippen MR) is 65.9 cm³/mol. The number of nitrogens with one attached hydrogen (secondary N) is 1. The Labute approximate surface area is 93.5 Å². The lowest BCUT2D eigenvalue weighted by molar-refractivity contribution is 0.330. The molecule has 0 radical (unpaired) electrons. The molecule has 0 aromatic carbocycles. The van der Waals surface area contributed by atoms with Crippen LogP contribution in [0, 0.1) is 11.8 Å². The number of hydrogen-bond acceptors (Lipinski definition) is 1. The summed E-state index contributed by atoms with van der Waals surface area (Å²) in [5.41, 5.74) is 5.83. The van der Waals surface area contributed by atoms with Gasteiger partial charge in [-0.25, -0.2) is 0 Å². The van der Waals surface area contributed by atoms with Gasteiger partial charge in [0.1, 0.15) is 0 Å². The average Bonchev–Trinajstić information content (AvgIpc) is 2.19. The first-order chi connectivity index (χ1) is 7.08. The van der Waals surface area contributed by atoms with Gasteiger partial charge in [0, 0.05) is 12.6 Å². The normalized spacial score (nSPS) is 28.1. The zero-order valence-corrected chi connectivity index (χ0v) is 10.3. The summed E-state index contributed by atoms with van der Waals surface area (Å²) in [6, 6.07) is 0.553. The first-order valence-corrected chi connectivity index (χ1v) is 6.14. The van der Waals surface area contributed by atoms with E-state index in [-0.39, 0.29) is 0 Å². The summed E-state index contributed by atoms with van der Waals surface area (Å²) in [5, 5.41) is 3.32. The lowest BCUT2D eigenvalue weighted by atomic mass is 9.87. The molecule has 3 N–H and O–H groups in total. The van der Waals surface area contributed by atoms with E-state index in [0.717, 1.165) is 12.5 Å². The van der Waals surface area contributed by atoms with Crippen LogP contribution in [0.5, 0.6) is 0 Å². The molecule has 0 aliphatic heterocycles. The van der Waals surface area contributed by atoms with Crippen molar-refractivity contribution in [2.24, 2.45) is 22.6 Å². The van der Waals surface area contributed by atoms with Crippen LogP contribution in [0.3, 0.4) is 0 Å². The molecule has 0 spiro atoms. The third-order valence-electron chi connectivity index (χ3n) is 2.99. The lowest BCUT2D eigenvalue weighted by Gasteiger charge is -2.27. The van der Waals surface area contributed by atoms with E-state index in [9.17, 15) is 0 Å². The Bertz CT molecular complexity index is 203. The number of aliphatic imine (C=N–C) groups is 1. The number of hydrogen-bond donors (Lipinski definition) is 2. The van der Waals surface area contributed by atoms with Gasteiger partial charge in [-0.2, -0.15) is 0 Å². The summed E-state index contributed by atoms with van der Waals surface area (Å²) in [5.74, 6) is 2.09. The molecule has 0 saturated heterocycles. The second kappa shape index (κ2) is 5.99. The van der Waals surface area contributed by atoms with Crippen molar-refractivity contribution < 1.29 is 0 Å². The third-order valence-corrected chi connectivity index (χ3v) is 2.99. The zero-order valence-electron chi connectivity index (χ0n) is 10.3. The van der Waals surface area contributed by atoms with E-state index in [1.807, 2.05) is 0 Å². The molecule has 3 heteroatoms. The molecule has 0 heterocycles. The molecule has 1 saturated carbocycles. The molecule has 0 aromatic rings. The summed E-state index contributed by atoms with van der Waals surface area (Å²) in [6.07, 6.45) is 5.10. The fraction of sp³-hybridized carbons (Fsp3) is 0.917. The van der Waals surface area contributed by atoms with Crippen molar-refractivity contribution in [2.75, 3.05) is 6.54 Å². The SMILES string of the molecule is CC(C)CN=C(N)NC1CCC(C)CC1. The van der Waals surface area contributed by atoms with Crippen molar-refractivity contribution in [1.82, 2.24) is 5.32 Å². The highest BCUT2D eigenvalue weighted by Crippen LogP contribution is 2.23. The molecule has 1 aliphatic carbocycles. The largest absolute Gasteiger partial charge is 0.370 e. The molecule has 0 aromatic heterocycles. The summed E-state index contributed by atoms with van der Waals surface area (Å²) in [4.78, 5) is 4.32. The van der Waals surface area contributed by atoms with Gasteiger partial charge in [0.25, 0.3) is 0 Å². The molecule has 15 heavy (non-hydrogen) atoms. The van der Waals surface area contributed by atoms with E-state index in [0.29, 0.717) is 17.9 Å². The Hall–Kier alpha value is -0.730. The van der Waals surface area contributed by atoms with Crippen LogP contribution in [0.4, 0.5) is 0 Å². The zero-order chi connectivity index (χ0) is 11.3. The van der Waals surface area contributed by atoms with Crippen molar-refractivity contribution in [3.63, 3.8) is 0 Å². The predicted octanol–water partition coefficient (Wildman–Crippen LogP) is 2.13. The van der Waals surface area contributed by atoms with Crippen LogP contribution in [0.1, 0.15) is 46.5 Å². The van der Waals surface area contributed by atoms with Gasteiger partial charge in [-0.3, -0.25) is 4.99 Å². The molecule has 0 unspecified atom stereocenters. The molecule has 88 valence electrons. The smallest absolute Gasteiger partial charge is 0.188 e. The number of nitrogens with zero attached hydrogens (tertiary/aromatic N) is 1. The van der Waals surface area contributed by atoms with E-state index < -0.39 is 0 Å². The molecular weight excluding hydrogens is 186 g/mol. The highest BCUT2D eigenvalue weighted by Gasteiger charge is 2.18. The second-order valence-corrected chi connectivity index (χ2v) is 5.22. The van der Waals surface area contributed by atoms with Gasteiger partial charge in [0.2, 0.25) is 0 Å². The summed E-state index contributed by atoms with van der Waals surface area (Å²) in [6.45, 7) is 7.45.